The van der Waals surface area contributed by atoms with E-state index in [4.69, 9.17) is 0 Å². The van der Waals surface area contributed by atoms with E-state index < -0.39 is 0 Å². The van der Waals surface area contributed by atoms with E-state index in [-0.39, 0.29) is 11.7 Å². The SMILES string of the molecule is O=C(NNc1ccccc1)c1nn(-c2ccc(F)cc2)c2c1C1CCC2C1. The van der Waals surface area contributed by atoms with Gasteiger partial charge in [-0.25, -0.2) is 9.07 Å². The number of hydrazine groups is 1. The van der Waals surface area contributed by atoms with Crippen LogP contribution in [-0.4, -0.2) is 15.7 Å². The summed E-state index contributed by atoms with van der Waals surface area (Å²) >= 11 is 0. The van der Waals surface area contributed by atoms with Crippen LogP contribution in [0, 0.1) is 5.82 Å². The molecule has 3 aromatic rings. The Labute approximate surface area is 156 Å². The second kappa shape index (κ2) is 6.23. The summed E-state index contributed by atoms with van der Waals surface area (Å²) in [5.74, 6) is 0.278. The number of carbonyl (C=O) groups excluding carboxylic acids is 1. The van der Waals surface area contributed by atoms with Gasteiger partial charge in [0.05, 0.1) is 17.1 Å². The smallest absolute Gasteiger partial charge is 0.290 e. The zero-order valence-corrected chi connectivity index (χ0v) is 14.7. The molecule has 1 saturated carbocycles. The summed E-state index contributed by atoms with van der Waals surface area (Å²) in [5.41, 5.74) is 9.92. The van der Waals surface area contributed by atoms with Crippen LogP contribution in [0.3, 0.4) is 0 Å². The molecule has 0 spiro atoms. The molecular formula is C21H19FN4O. The standard InChI is InChI=1S/C21H19FN4O/c22-15-8-10-17(11-9-15)26-20-14-7-6-13(12-14)18(20)19(25-26)21(27)24-23-16-4-2-1-3-5-16/h1-5,8-11,13-14,23H,6-7,12H2,(H,24,27). The molecule has 0 saturated heterocycles. The molecule has 6 heteroatoms. The number of hydrogen-bond acceptors (Lipinski definition) is 3. The Kier molecular flexibility index (Phi) is 3.70. The van der Waals surface area contributed by atoms with Crippen LogP contribution < -0.4 is 10.9 Å². The topological polar surface area (TPSA) is 59.0 Å². The highest BCUT2D eigenvalue weighted by Gasteiger charge is 2.44. The maximum Gasteiger partial charge on any atom is 0.290 e. The number of anilines is 1. The molecule has 2 unspecified atom stereocenters. The van der Waals surface area contributed by atoms with E-state index in [1.165, 1.54) is 12.1 Å². The third-order valence-electron chi connectivity index (χ3n) is 5.57. The van der Waals surface area contributed by atoms with Crippen LogP contribution in [0.1, 0.15) is 52.8 Å². The van der Waals surface area contributed by atoms with Crippen LogP contribution in [0.2, 0.25) is 0 Å². The van der Waals surface area contributed by atoms with E-state index >= 15 is 0 Å². The predicted molar refractivity (Wildman–Crippen MR) is 100 cm³/mol. The molecule has 1 amide bonds. The summed E-state index contributed by atoms with van der Waals surface area (Å²) in [7, 11) is 0. The van der Waals surface area contributed by atoms with E-state index in [2.05, 4.69) is 16.0 Å². The van der Waals surface area contributed by atoms with E-state index in [1.54, 1.807) is 12.1 Å². The third kappa shape index (κ3) is 2.68. The van der Waals surface area contributed by atoms with Crippen molar-refractivity contribution >= 4 is 11.6 Å². The van der Waals surface area contributed by atoms with Gasteiger partial charge in [0, 0.05) is 11.5 Å². The molecule has 1 fully saturated rings. The lowest BCUT2D eigenvalue weighted by Gasteiger charge is -2.14. The molecule has 2 aliphatic carbocycles. The molecule has 2 aliphatic rings. The number of hydrogen-bond donors (Lipinski definition) is 2. The van der Waals surface area contributed by atoms with Gasteiger partial charge in [0.2, 0.25) is 0 Å². The Bertz CT molecular complexity index is 997. The van der Waals surface area contributed by atoms with Gasteiger partial charge in [0.15, 0.2) is 5.69 Å². The number of halogens is 1. The number of rotatable bonds is 4. The van der Waals surface area contributed by atoms with Crippen LogP contribution in [0.15, 0.2) is 54.6 Å². The minimum atomic E-state index is -0.283. The molecule has 5 rings (SSSR count). The van der Waals surface area contributed by atoms with Gasteiger partial charge < -0.3 is 0 Å². The van der Waals surface area contributed by atoms with Gasteiger partial charge in [0.1, 0.15) is 5.82 Å². The molecule has 2 atom stereocenters. The Morgan fingerprint density at radius 1 is 1.04 bits per heavy atom. The lowest BCUT2D eigenvalue weighted by atomic mass is 9.95. The summed E-state index contributed by atoms with van der Waals surface area (Å²) in [5, 5.41) is 4.63. The molecule has 2 bridgehead atoms. The Morgan fingerprint density at radius 2 is 1.78 bits per heavy atom. The Hall–Kier alpha value is -3.15. The second-order valence-corrected chi connectivity index (χ2v) is 7.19. The van der Waals surface area contributed by atoms with Crippen LogP contribution in [0.25, 0.3) is 5.69 Å². The van der Waals surface area contributed by atoms with Gasteiger partial charge in [-0.1, -0.05) is 18.2 Å². The molecule has 1 aromatic heterocycles. The monoisotopic (exact) mass is 362 g/mol. The first-order valence-corrected chi connectivity index (χ1v) is 9.21. The number of nitrogens with zero attached hydrogens (tertiary/aromatic N) is 2. The normalized spacial score (nSPS) is 19.7. The summed E-state index contributed by atoms with van der Waals surface area (Å²) < 4.78 is 15.1. The number of benzene rings is 2. The molecule has 1 heterocycles. The largest absolute Gasteiger partial charge is 0.298 e. The zero-order valence-electron chi connectivity index (χ0n) is 14.7. The lowest BCUT2D eigenvalue weighted by molar-refractivity contribution is 0.0956. The summed E-state index contributed by atoms with van der Waals surface area (Å²) in [6.45, 7) is 0. The van der Waals surface area contributed by atoms with Crippen LogP contribution in [-0.2, 0) is 0 Å². The van der Waals surface area contributed by atoms with Crippen molar-refractivity contribution in [1.29, 1.82) is 0 Å². The van der Waals surface area contributed by atoms with E-state index in [1.807, 2.05) is 35.0 Å². The highest BCUT2D eigenvalue weighted by atomic mass is 19.1. The minimum absolute atomic E-state index is 0.247. The van der Waals surface area contributed by atoms with Crippen LogP contribution >= 0.6 is 0 Å². The summed E-state index contributed by atoms with van der Waals surface area (Å²) in [6.07, 6.45) is 3.29. The maximum absolute atomic E-state index is 13.3. The van der Waals surface area contributed by atoms with Crippen LogP contribution in [0.4, 0.5) is 10.1 Å². The molecule has 2 aromatic carbocycles. The first-order chi connectivity index (χ1) is 13.2. The molecule has 0 aliphatic heterocycles. The second-order valence-electron chi connectivity index (χ2n) is 7.19. The van der Waals surface area contributed by atoms with Crippen molar-refractivity contribution in [2.45, 2.75) is 31.1 Å². The van der Waals surface area contributed by atoms with Gasteiger partial charge in [0.25, 0.3) is 5.91 Å². The molecular weight excluding hydrogens is 343 g/mol. The number of carbonyl (C=O) groups is 1. The number of fused-ring (bicyclic) bond motifs is 5. The minimum Gasteiger partial charge on any atom is -0.298 e. The first kappa shape index (κ1) is 16.1. The molecule has 2 N–H and O–H groups in total. The summed E-state index contributed by atoms with van der Waals surface area (Å²) in [6, 6.07) is 15.7. The van der Waals surface area contributed by atoms with Gasteiger partial charge in [-0.15, -0.1) is 0 Å². The first-order valence-electron chi connectivity index (χ1n) is 9.21. The number of para-hydroxylation sites is 1. The van der Waals surface area contributed by atoms with Crippen molar-refractivity contribution in [3.63, 3.8) is 0 Å². The third-order valence-corrected chi connectivity index (χ3v) is 5.57. The van der Waals surface area contributed by atoms with Gasteiger partial charge in [-0.05, 0) is 61.6 Å². The number of amides is 1. The maximum atomic E-state index is 13.3. The summed E-state index contributed by atoms with van der Waals surface area (Å²) in [4.78, 5) is 12.8. The Morgan fingerprint density at radius 3 is 2.56 bits per heavy atom. The van der Waals surface area contributed by atoms with E-state index in [0.717, 1.165) is 41.9 Å². The van der Waals surface area contributed by atoms with Crippen molar-refractivity contribution < 1.29 is 9.18 Å². The van der Waals surface area contributed by atoms with E-state index in [9.17, 15) is 9.18 Å². The lowest BCUT2D eigenvalue weighted by Crippen LogP contribution is -2.30. The molecule has 0 radical (unpaired) electrons. The van der Waals surface area contributed by atoms with Crippen molar-refractivity contribution in [3.05, 3.63) is 77.4 Å². The molecule has 5 nitrogen and oxygen atoms in total. The van der Waals surface area contributed by atoms with Gasteiger partial charge in [-0.2, -0.15) is 5.10 Å². The number of nitrogens with one attached hydrogen (secondary N) is 2. The fourth-order valence-corrected chi connectivity index (χ4v) is 4.39. The fraction of sp³-hybridized carbons (Fsp3) is 0.238. The Balaban J connectivity index is 1.50. The van der Waals surface area contributed by atoms with Gasteiger partial charge in [-0.3, -0.25) is 15.6 Å². The van der Waals surface area contributed by atoms with Gasteiger partial charge >= 0.3 is 0 Å². The van der Waals surface area contributed by atoms with Crippen molar-refractivity contribution in [2.75, 3.05) is 5.43 Å². The zero-order chi connectivity index (χ0) is 18.4. The average molecular weight is 362 g/mol. The van der Waals surface area contributed by atoms with E-state index in [0.29, 0.717) is 17.5 Å². The predicted octanol–water partition coefficient (Wildman–Crippen LogP) is 4.13. The van der Waals surface area contributed by atoms with Crippen molar-refractivity contribution in [1.82, 2.24) is 15.2 Å². The molecule has 136 valence electrons. The van der Waals surface area contributed by atoms with Crippen molar-refractivity contribution in [2.24, 2.45) is 0 Å². The highest BCUT2D eigenvalue weighted by Crippen LogP contribution is 2.54. The quantitative estimate of drug-likeness (QED) is 0.686. The van der Waals surface area contributed by atoms with Crippen LogP contribution in [0.5, 0.6) is 0 Å². The highest BCUT2D eigenvalue weighted by molar-refractivity contribution is 5.95. The molecule has 27 heavy (non-hydrogen) atoms. The van der Waals surface area contributed by atoms with Crippen molar-refractivity contribution in [3.8, 4) is 5.69 Å². The fourth-order valence-electron chi connectivity index (χ4n) is 4.39. The number of aromatic nitrogens is 2. The average Bonchev–Trinajstić information content (AvgIpc) is 3.40.